The van der Waals surface area contributed by atoms with Crippen LogP contribution in [0.25, 0.3) is 0 Å². The van der Waals surface area contributed by atoms with Gasteiger partial charge in [0.15, 0.2) is 0 Å². The summed E-state index contributed by atoms with van der Waals surface area (Å²) in [6.07, 6.45) is 2.56. The molecule has 0 spiro atoms. The maximum absolute atomic E-state index is 12.3. The Balaban J connectivity index is 1.67. The van der Waals surface area contributed by atoms with E-state index in [-0.39, 0.29) is 11.9 Å². The van der Waals surface area contributed by atoms with Crippen molar-refractivity contribution in [3.05, 3.63) is 47.3 Å². The van der Waals surface area contributed by atoms with Gasteiger partial charge < -0.3 is 15.1 Å². The van der Waals surface area contributed by atoms with E-state index < -0.39 is 0 Å². The summed E-state index contributed by atoms with van der Waals surface area (Å²) in [5, 5.41) is 2.96. The third-order valence-corrected chi connectivity index (χ3v) is 5.34. The number of rotatable bonds is 5. The van der Waals surface area contributed by atoms with Crippen molar-refractivity contribution < 1.29 is 4.79 Å². The Morgan fingerprint density at radius 1 is 1.15 bits per heavy atom. The summed E-state index contributed by atoms with van der Waals surface area (Å²) in [5.74, 6) is 0.495. The first-order valence-corrected chi connectivity index (χ1v) is 9.69. The van der Waals surface area contributed by atoms with Crippen molar-refractivity contribution in [2.75, 3.05) is 36.0 Å². The molecule has 1 atom stereocenters. The molecule has 27 heavy (non-hydrogen) atoms. The average Bonchev–Trinajstić information content (AvgIpc) is 2.70. The second kappa shape index (κ2) is 8.37. The molecule has 1 amide bonds. The van der Waals surface area contributed by atoms with Gasteiger partial charge in [-0.2, -0.15) is 0 Å². The number of hydrogen-bond donors (Lipinski definition) is 1. The van der Waals surface area contributed by atoms with Gasteiger partial charge in [0, 0.05) is 44.1 Å². The van der Waals surface area contributed by atoms with E-state index in [0.29, 0.717) is 11.6 Å². The molecular weight excluding hydrogens is 338 g/mol. The summed E-state index contributed by atoms with van der Waals surface area (Å²) in [4.78, 5) is 25.8. The second-order valence-corrected chi connectivity index (χ2v) is 7.22. The largest absolute Gasteiger partial charge is 0.368 e. The molecule has 6 heteroatoms. The summed E-state index contributed by atoms with van der Waals surface area (Å²) in [7, 11) is 0. The number of piperazine rings is 1. The molecular formula is C21H29N5O. The molecule has 1 aromatic carbocycles. The Labute approximate surface area is 161 Å². The third-order valence-electron chi connectivity index (χ3n) is 5.34. The Hall–Kier alpha value is -2.63. The number of carbonyl (C=O) groups is 1. The Bertz CT molecular complexity index is 799. The van der Waals surface area contributed by atoms with Crippen LogP contribution in [0, 0.1) is 13.8 Å². The number of benzene rings is 1. The number of anilines is 2. The number of hydrogen-bond acceptors (Lipinski definition) is 5. The minimum Gasteiger partial charge on any atom is -0.368 e. The third kappa shape index (κ3) is 4.38. The lowest BCUT2D eigenvalue weighted by molar-refractivity contribution is 0.0934. The summed E-state index contributed by atoms with van der Waals surface area (Å²) in [5.41, 5.74) is 4.39. The van der Waals surface area contributed by atoms with Gasteiger partial charge in [0.25, 0.3) is 5.91 Å². The lowest BCUT2D eigenvalue weighted by Crippen LogP contribution is -2.47. The predicted molar refractivity (Wildman–Crippen MR) is 110 cm³/mol. The van der Waals surface area contributed by atoms with Gasteiger partial charge in [-0.3, -0.25) is 4.79 Å². The fourth-order valence-corrected chi connectivity index (χ4v) is 3.25. The highest BCUT2D eigenvalue weighted by Gasteiger charge is 2.21. The van der Waals surface area contributed by atoms with Crippen molar-refractivity contribution in [2.45, 2.75) is 40.2 Å². The summed E-state index contributed by atoms with van der Waals surface area (Å²) < 4.78 is 0. The zero-order chi connectivity index (χ0) is 19.4. The first kappa shape index (κ1) is 19.1. The first-order valence-electron chi connectivity index (χ1n) is 9.69. The van der Waals surface area contributed by atoms with Crippen LogP contribution in [0.4, 0.5) is 11.6 Å². The standard InChI is InChI=1S/C21H29N5O/c1-5-16(3)23-20(27)18-9-10-22-21(24-18)26-13-11-25(12-14-26)19-8-6-7-15(2)17(19)4/h6-10,16H,5,11-14H2,1-4H3,(H,23,27). The first-order chi connectivity index (χ1) is 13.0. The average molecular weight is 367 g/mol. The second-order valence-electron chi connectivity index (χ2n) is 7.22. The molecule has 0 radical (unpaired) electrons. The van der Waals surface area contributed by atoms with Crippen LogP contribution in [0.15, 0.2) is 30.5 Å². The summed E-state index contributed by atoms with van der Waals surface area (Å²) >= 11 is 0. The van der Waals surface area contributed by atoms with Gasteiger partial charge in [-0.1, -0.05) is 19.1 Å². The number of aromatic nitrogens is 2. The Morgan fingerprint density at radius 3 is 2.56 bits per heavy atom. The van der Waals surface area contributed by atoms with E-state index in [4.69, 9.17) is 0 Å². The number of carbonyl (C=O) groups excluding carboxylic acids is 1. The lowest BCUT2D eigenvalue weighted by atomic mass is 10.1. The van der Waals surface area contributed by atoms with Crippen molar-refractivity contribution in [3.63, 3.8) is 0 Å². The molecule has 2 heterocycles. The van der Waals surface area contributed by atoms with Crippen LogP contribution in [0.2, 0.25) is 0 Å². The Morgan fingerprint density at radius 2 is 1.85 bits per heavy atom. The van der Waals surface area contributed by atoms with E-state index in [1.165, 1.54) is 16.8 Å². The molecule has 1 aromatic heterocycles. The lowest BCUT2D eigenvalue weighted by Gasteiger charge is -2.37. The molecule has 1 saturated heterocycles. The van der Waals surface area contributed by atoms with Gasteiger partial charge in [-0.15, -0.1) is 0 Å². The number of amides is 1. The van der Waals surface area contributed by atoms with Crippen molar-refractivity contribution >= 4 is 17.5 Å². The van der Waals surface area contributed by atoms with Crippen molar-refractivity contribution in [1.82, 2.24) is 15.3 Å². The van der Waals surface area contributed by atoms with Crippen molar-refractivity contribution in [2.24, 2.45) is 0 Å². The number of nitrogens with zero attached hydrogens (tertiary/aromatic N) is 4. The fourth-order valence-electron chi connectivity index (χ4n) is 3.25. The highest BCUT2D eigenvalue weighted by atomic mass is 16.1. The van der Waals surface area contributed by atoms with Crippen LogP contribution in [-0.4, -0.2) is 48.1 Å². The predicted octanol–water partition coefficient (Wildman–Crippen LogP) is 2.95. The molecule has 0 aliphatic carbocycles. The van der Waals surface area contributed by atoms with Crippen LogP contribution in [-0.2, 0) is 0 Å². The van der Waals surface area contributed by atoms with Crippen LogP contribution >= 0.6 is 0 Å². The van der Waals surface area contributed by atoms with Gasteiger partial charge in [0.2, 0.25) is 5.95 Å². The summed E-state index contributed by atoms with van der Waals surface area (Å²) in [6, 6.07) is 8.27. The molecule has 0 bridgehead atoms. The number of aryl methyl sites for hydroxylation is 1. The molecule has 1 aliphatic rings. The quantitative estimate of drug-likeness (QED) is 0.880. The van der Waals surface area contributed by atoms with Crippen LogP contribution in [0.1, 0.15) is 41.9 Å². The SMILES string of the molecule is CCC(C)NC(=O)c1ccnc(N2CCN(c3cccc(C)c3C)CC2)n1. The monoisotopic (exact) mass is 367 g/mol. The van der Waals surface area contributed by atoms with E-state index in [9.17, 15) is 4.79 Å². The summed E-state index contributed by atoms with van der Waals surface area (Å²) in [6.45, 7) is 11.9. The van der Waals surface area contributed by atoms with Crippen LogP contribution in [0.3, 0.4) is 0 Å². The smallest absolute Gasteiger partial charge is 0.270 e. The minimum absolute atomic E-state index is 0.136. The van der Waals surface area contributed by atoms with E-state index in [0.717, 1.165) is 32.6 Å². The zero-order valence-electron chi connectivity index (χ0n) is 16.7. The van der Waals surface area contributed by atoms with Gasteiger partial charge >= 0.3 is 0 Å². The van der Waals surface area contributed by atoms with E-state index >= 15 is 0 Å². The molecule has 1 unspecified atom stereocenters. The highest BCUT2D eigenvalue weighted by Crippen LogP contribution is 2.24. The van der Waals surface area contributed by atoms with Crippen molar-refractivity contribution in [1.29, 1.82) is 0 Å². The molecule has 1 fully saturated rings. The maximum atomic E-state index is 12.3. The van der Waals surface area contributed by atoms with Crippen LogP contribution in [0.5, 0.6) is 0 Å². The van der Waals surface area contributed by atoms with E-state index in [2.05, 4.69) is 57.1 Å². The molecule has 0 saturated carbocycles. The van der Waals surface area contributed by atoms with E-state index in [1.54, 1.807) is 12.3 Å². The normalized spacial score (nSPS) is 15.6. The van der Waals surface area contributed by atoms with Gasteiger partial charge in [-0.05, 0) is 50.5 Å². The Kier molecular flexibility index (Phi) is 5.94. The molecule has 2 aromatic rings. The molecule has 3 rings (SSSR count). The topological polar surface area (TPSA) is 61.4 Å². The van der Waals surface area contributed by atoms with Gasteiger partial charge in [0.1, 0.15) is 5.69 Å². The zero-order valence-corrected chi connectivity index (χ0v) is 16.7. The minimum atomic E-state index is -0.137. The molecule has 6 nitrogen and oxygen atoms in total. The molecule has 144 valence electrons. The number of nitrogens with one attached hydrogen (secondary N) is 1. The fraction of sp³-hybridized carbons (Fsp3) is 0.476. The van der Waals surface area contributed by atoms with Crippen molar-refractivity contribution in [3.8, 4) is 0 Å². The molecule has 1 aliphatic heterocycles. The van der Waals surface area contributed by atoms with E-state index in [1.807, 2.05) is 13.8 Å². The molecule has 1 N–H and O–H groups in total. The van der Waals surface area contributed by atoms with Crippen LogP contribution < -0.4 is 15.1 Å². The maximum Gasteiger partial charge on any atom is 0.270 e. The van der Waals surface area contributed by atoms with Gasteiger partial charge in [0.05, 0.1) is 0 Å². The van der Waals surface area contributed by atoms with Gasteiger partial charge in [-0.25, -0.2) is 9.97 Å². The highest BCUT2D eigenvalue weighted by molar-refractivity contribution is 5.92.